The summed E-state index contributed by atoms with van der Waals surface area (Å²) in [5.74, 6) is 2.02. The fraction of sp³-hybridized carbons (Fsp3) is 0.450. The van der Waals surface area contributed by atoms with Crippen LogP contribution in [-0.4, -0.2) is 31.2 Å². The van der Waals surface area contributed by atoms with Crippen molar-refractivity contribution in [1.29, 1.82) is 0 Å². The summed E-state index contributed by atoms with van der Waals surface area (Å²) in [6, 6.07) is 15.5. The Kier molecular flexibility index (Phi) is 5.70. The van der Waals surface area contributed by atoms with Crippen molar-refractivity contribution < 1.29 is 4.74 Å². The number of benzene rings is 1. The second kappa shape index (κ2) is 8.15. The van der Waals surface area contributed by atoms with Crippen molar-refractivity contribution in [3.05, 3.63) is 54.2 Å². The van der Waals surface area contributed by atoms with Gasteiger partial charge in [0, 0.05) is 31.4 Å². The average molecular weight is 325 g/mol. The summed E-state index contributed by atoms with van der Waals surface area (Å²) in [5, 5.41) is 3.84. The van der Waals surface area contributed by atoms with E-state index < -0.39 is 0 Å². The molecule has 0 radical (unpaired) electrons. The van der Waals surface area contributed by atoms with Gasteiger partial charge in [0.25, 0.3) is 0 Å². The van der Waals surface area contributed by atoms with E-state index in [0.717, 1.165) is 43.9 Å². The van der Waals surface area contributed by atoms with Crippen LogP contribution in [0.15, 0.2) is 48.7 Å². The van der Waals surface area contributed by atoms with E-state index in [1.54, 1.807) is 7.11 Å². The molecule has 0 aliphatic carbocycles. The van der Waals surface area contributed by atoms with E-state index in [1.165, 1.54) is 5.56 Å². The first-order valence-electron chi connectivity index (χ1n) is 8.86. The van der Waals surface area contributed by atoms with E-state index in [-0.39, 0.29) is 0 Å². The SMILES string of the molecule is CCC(NC1CCN(c2ccccn2)CC1)c1cccc(OC)c1. The first-order chi connectivity index (χ1) is 11.8. The molecule has 1 saturated heterocycles. The Hall–Kier alpha value is -2.07. The topological polar surface area (TPSA) is 37.4 Å². The molecule has 4 heteroatoms. The van der Waals surface area contributed by atoms with Crippen LogP contribution < -0.4 is 15.0 Å². The summed E-state index contributed by atoms with van der Waals surface area (Å²) in [7, 11) is 1.72. The molecule has 1 fully saturated rings. The van der Waals surface area contributed by atoms with Gasteiger partial charge in [0.2, 0.25) is 0 Å². The third kappa shape index (κ3) is 4.06. The van der Waals surface area contributed by atoms with Gasteiger partial charge in [0.1, 0.15) is 11.6 Å². The lowest BCUT2D eigenvalue weighted by atomic mass is 9.99. The minimum absolute atomic E-state index is 0.381. The van der Waals surface area contributed by atoms with Crippen molar-refractivity contribution in [1.82, 2.24) is 10.3 Å². The standard InChI is InChI=1S/C20H27N3O/c1-3-19(16-7-6-8-18(15-16)24-2)22-17-10-13-23(14-11-17)20-9-4-5-12-21-20/h4-9,12,15,17,19,22H,3,10-11,13-14H2,1-2H3. The van der Waals surface area contributed by atoms with Crippen molar-refractivity contribution in [2.45, 2.75) is 38.3 Å². The monoisotopic (exact) mass is 325 g/mol. The number of piperidine rings is 1. The van der Waals surface area contributed by atoms with E-state index in [4.69, 9.17) is 4.74 Å². The highest BCUT2D eigenvalue weighted by Gasteiger charge is 2.22. The zero-order valence-corrected chi connectivity index (χ0v) is 14.6. The van der Waals surface area contributed by atoms with E-state index >= 15 is 0 Å². The Morgan fingerprint density at radius 2 is 2.04 bits per heavy atom. The first-order valence-corrected chi connectivity index (χ1v) is 8.86. The molecule has 0 amide bonds. The summed E-state index contributed by atoms with van der Waals surface area (Å²) in [4.78, 5) is 6.84. The average Bonchev–Trinajstić information content (AvgIpc) is 2.67. The molecule has 1 aromatic heterocycles. The number of hydrogen-bond acceptors (Lipinski definition) is 4. The Morgan fingerprint density at radius 3 is 2.71 bits per heavy atom. The second-order valence-electron chi connectivity index (χ2n) is 6.35. The van der Waals surface area contributed by atoms with Crippen LogP contribution in [0, 0.1) is 0 Å². The molecule has 1 aromatic carbocycles. The van der Waals surface area contributed by atoms with Crippen LogP contribution in [0.5, 0.6) is 5.75 Å². The van der Waals surface area contributed by atoms with Gasteiger partial charge in [-0.2, -0.15) is 0 Å². The van der Waals surface area contributed by atoms with Crippen LogP contribution in [0.3, 0.4) is 0 Å². The smallest absolute Gasteiger partial charge is 0.128 e. The number of nitrogens with zero attached hydrogens (tertiary/aromatic N) is 2. The van der Waals surface area contributed by atoms with Crippen molar-refractivity contribution in [3.8, 4) is 5.75 Å². The predicted octanol–water partition coefficient (Wildman–Crippen LogP) is 3.80. The Balaban J connectivity index is 1.58. The van der Waals surface area contributed by atoms with Crippen molar-refractivity contribution in [2.75, 3.05) is 25.1 Å². The van der Waals surface area contributed by atoms with Crippen molar-refractivity contribution in [2.24, 2.45) is 0 Å². The van der Waals surface area contributed by atoms with E-state index in [1.807, 2.05) is 18.3 Å². The Labute approximate surface area is 144 Å². The maximum Gasteiger partial charge on any atom is 0.128 e. The molecule has 0 bridgehead atoms. The molecule has 24 heavy (non-hydrogen) atoms. The molecule has 2 heterocycles. The maximum atomic E-state index is 5.36. The summed E-state index contributed by atoms with van der Waals surface area (Å²) in [6.07, 6.45) is 5.25. The highest BCUT2D eigenvalue weighted by molar-refractivity contribution is 5.38. The van der Waals surface area contributed by atoms with Gasteiger partial charge in [-0.15, -0.1) is 0 Å². The van der Waals surface area contributed by atoms with Crippen molar-refractivity contribution >= 4 is 5.82 Å². The molecule has 1 aliphatic rings. The summed E-state index contributed by atoms with van der Waals surface area (Å²) < 4.78 is 5.36. The number of aromatic nitrogens is 1. The summed E-state index contributed by atoms with van der Waals surface area (Å²) >= 11 is 0. The third-order valence-corrected chi connectivity index (χ3v) is 4.81. The molecule has 0 spiro atoms. The molecule has 3 rings (SSSR count). The van der Waals surface area contributed by atoms with Gasteiger partial charge in [-0.3, -0.25) is 0 Å². The number of anilines is 1. The second-order valence-corrected chi connectivity index (χ2v) is 6.35. The van der Waals surface area contributed by atoms with Crippen LogP contribution in [0.1, 0.15) is 37.8 Å². The lowest BCUT2D eigenvalue weighted by Gasteiger charge is -2.35. The molecular weight excluding hydrogens is 298 g/mol. The molecule has 1 aliphatic heterocycles. The number of hydrogen-bond donors (Lipinski definition) is 1. The van der Waals surface area contributed by atoms with Crippen LogP contribution in [0.4, 0.5) is 5.82 Å². The quantitative estimate of drug-likeness (QED) is 0.876. The van der Waals surface area contributed by atoms with Gasteiger partial charge < -0.3 is 15.0 Å². The number of pyridine rings is 1. The highest BCUT2D eigenvalue weighted by atomic mass is 16.5. The van der Waals surface area contributed by atoms with Gasteiger partial charge >= 0.3 is 0 Å². The zero-order valence-electron chi connectivity index (χ0n) is 14.6. The van der Waals surface area contributed by atoms with Crippen LogP contribution in [0.25, 0.3) is 0 Å². The number of methoxy groups -OCH3 is 1. The molecule has 1 atom stereocenters. The Bertz CT molecular complexity index is 624. The molecule has 1 N–H and O–H groups in total. The van der Waals surface area contributed by atoms with Gasteiger partial charge in [-0.25, -0.2) is 4.98 Å². The van der Waals surface area contributed by atoms with Crippen LogP contribution in [0.2, 0.25) is 0 Å². The highest BCUT2D eigenvalue weighted by Crippen LogP contribution is 2.24. The molecule has 4 nitrogen and oxygen atoms in total. The summed E-state index contributed by atoms with van der Waals surface area (Å²) in [6.45, 7) is 4.35. The molecular formula is C20H27N3O. The van der Waals surface area contributed by atoms with Gasteiger partial charge in [-0.1, -0.05) is 25.1 Å². The predicted molar refractivity (Wildman–Crippen MR) is 98.6 cm³/mol. The van der Waals surface area contributed by atoms with E-state index in [9.17, 15) is 0 Å². The molecule has 128 valence electrons. The third-order valence-electron chi connectivity index (χ3n) is 4.81. The summed E-state index contributed by atoms with van der Waals surface area (Å²) in [5.41, 5.74) is 1.31. The zero-order chi connectivity index (χ0) is 16.8. The normalized spacial score (nSPS) is 16.8. The Morgan fingerprint density at radius 1 is 1.21 bits per heavy atom. The van der Waals surface area contributed by atoms with Crippen LogP contribution >= 0.6 is 0 Å². The van der Waals surface area contributed by atoms with E-state index in [0.29, 0.717) is 12.1 Å². The van der Waals surface area contributed by atoms with Crippen molar-refractivity contribution in [3.63, 3.8) is 0 Å². The number of rotatable bonds is 6. The van der Waals surface area contributed by atoms with Gasteiger partial charge in [-0.05, 0) is 49.1 Å². The fourth-order valence-electron chi connectivity index (χ4n) is 3.41. The lowest BCUT2D eigenvalue weighted by Crippen LogP contribution is -2.44. The molecule has 0 saturated carbocycles. The number of ether oxygens (including phenoxy) is 1. The largest absolute Gasteiger partial charge is 0.497 e. The van der Waals surface area contributed by atoms with Gasteiger partial charge in [0.15, 0.2) is 0 Å². The maximum absolute atomic E-state index is 5.36. The van der Waals surface area contributed by atoms with Gasteiger partial charge in [0.05, 0.1) is 7.11 Å². The lowest BCUT2D eigenvalue weighted by molar-refractivity contribution is 0.362. The van der Waals surface area contributed by atoms with E-state index in [2.05, 4.69) is 52.5 Å². The minimum atomic E-state index is 0.381. The molecule has 1 unspecified atom stereocenters. The minimum Gasteiger partial charge on any atom is -0.497 e. The first kappa shape index (κ1) is 16.8. The number of nitrogens with one attached hydrogen (secondary N) is 1. The fourth-order valence-corrected chi connectivity index (χ4v) is 3.41. The molecule has 2 aromatic rings. The van der Waals surface area contributed by atoms with Crippen LogP contribution in [-0.2, 0) is 0 Å².